The van der Waals surface area contributed by atoms with E-state index in [9.17, 15) is 0 Å². The monoisotopic (exact) mass is 305 g/mol. The molecule has 1 aromatic carbocycles. The zero-order valence-corrected chi connectivity index (χ0v) is 12.6. The van der Waals surface area contributed by atoms with Crippen molar-refractivity contribution in [1.82, 2.24) is 10.1 Å². The van der Waals surface area contributed by atoms with Crippen LogP contribution in [0.3, 0.4) is 0 Å². The van der Waals surface area contributed by atoms with Crippen LogP contribution in [-0.4, -0.2) is 16.7 Å². The van der Waals surface area contributed by atoms with Gasteiger partial charge >= 0.3 is 0 Å². The molecule has 1 atom stereocenters. The molecule has 2 aromatic rings. The third kappa shape index (κ3) is 2.80. The van der Waals surface area contributed by atoms with Crippen molar-refractivity contribution >= 4 is 23.3 Å². The number of hydrogen-bond donors (Lipinski definition) is 1. The number of fused-ring (bicyclic) bond motifs is 1. The Morgan fingerprint density at radius 1 is 1.33 bits per heavy atom. The van der Waals surface area contributed by atoms with Crippen LogP contribution < -0.4 is 10.5 Å². The Morgan fingerprint density at radius 3 is 2.90 bits per heavy atom. The molecule has 3 rings (SSSR count). The molecule has 0 amide bonds. The van der Waals surface area contributed by atoms with Crippen LogP contribution in [0.25, 0.3) is 11.6 Å². The highest BCUT2D eigenvalue weighted by molar-refractivity contribution is 6.30. The van der Waals surface area contributed by atoms with Crippen LogP contribution >= 0.6 is 11.6 Å². The first kappa shape index (κ1) is 14.1. The average Bonchev–Trinajstić information content (AvgIpc) is 2.95. The summed E-state index contributed by atoms with van der Waals surface area (Å²) in [6.45, 7) is 4.41. The van der Waals surface area contributed by atoms with E-state index in [0.717, 1.165) is 16.9 Å². The fourth-order valence-corrected chi connectivity index (χ4v) is 2.24. The van der Waals surface area contributed by atoms with Gasteiger partial charge in [-0.2, -0.15) is 4.98 Å². The van der Waals surface area contributed by atoms with Crippen molar-refractivity contribution in [1.29, 1.82) is 0 Å². The number of nitrogens with two attached hydrogens (primary N) is 1. The van der Waals surface area contributed by atoms with Gasteiger partial charge in [0.2, 0.25) is 11.7 Å². The molecule has 110 valence electrons. The van der Waals surface area contributed by atoms with Crippen molar-refractivity contribution in [2.24, 2.45) is 11.7 Å². The van der Waals surface area contributed by atoms with E-state index >= 15 is 0 Å². The highest BCUT2D eigenvalue weighted by Crippen LogP contribution is 2.32. The van der Waals surface area contributed by atoms with Crippen molar-refractivity contribution in [2.45, 2.75) is 19.9 Å². The number of ether oxygens (including phenoxy) is 1. The van der Waals surface area contributed by atoms with Crippen LogP contribution in [0.2, 0.25) is 5.02 Å². The molecule has 2 heterocycles. The molecule has 0 fully saturated rings. The SMILES string of the molecule is CC(C)[C@@H](N)c1nc(C2=Cc3cc(Cl)ccc3OC2)no1. The predicted octanol–water partition coefficient (Wildman–Crippen LogP) is 3.31. The lowest BCUT2D eigenvalue weighted by atomic mass is 10.1. The summed E-state index contributed by atoms with van der Waals surface area (Å²) in [5.74, 6) is 1.98. The fraction of sp³-hybridized carbons (Fsp3) is 0.333. The van der Waals surface area contributed by atoms with E-state index in [1.165, 1.54) is 0 Å². The fourth-order valence-electron chi connectivity index (χ4n) is 2.06. The summed E-state index contributed by atoms with van der Waals surface area (Å²) in [6, 6.07) is 5.23. The van der Waals surface area contributed by atoms with Crippen LogP contribution in [-0.2, 0) is 0 Å². The van der Waals surface area contributed by atoms with Crippen LogP contribution in [0.5, 0.6) is 5.75 Å². The van der Waals surface area contributed by atoms with Gasteiger partial charge in [0.05, 0.1) is 6.04 Å². The van der Waals surface area contributed by atoms with E-state index in [2.05, 4.69) is 10.1 Å². The Hall–Kier alpha value is -1.85. The van der Waals surface area contributed by atoms with Crippen LogP contribution in [0.1, 0.15) is 37.2 Å². The standard InChI is InChI=1S/C15H16ClN3O2/c1-8(2)13(17)15-18-14(19-21-15)10-5-9-6-11(16)3-4-12(9)20-7-10/h3-6,8,13H,7,17H2,1-2H3/t13-/m1/s1. The van der Waals surface area contributed by atoms with Gasteiger partial charge in [0, 0.05) is 16.2 Å². The lowest BCUT2D eigenvalue weighted by molar-refractivity contribution is 0.322. The molecule has 0 radical (unpaired) electrons. The molecular formula is C15H16ClN3O2. The zero-order valence-electron chi connectivity index (χ0n) is 11.8. The molecule has 0 bridgehead atoms. The lowest BCUT2D eigenvalue weighted by Crippen LogP contribution is -2.17. The van der Waals surface area contributed by atoms with Gasteiger partial charge in [0.1, 0.15) is 12.4 Å². The molecule has 0 spiro atoms. The van der Waals surface area contributed by atoms with E-state index in [1.807, 2.05) is 32.1 Å². The number of aromatic nitrogens is 2. The van der Waals surface area contributed by atoms with E-state index < -0.39 is 0 Å². The summed E-state index contributed by atoms with van der Waals surface area (Å²) in [4.78, 5) is 4.37. The normalized spacial score (nSPS) is 15.4. The van der Waals surface area contributed by atoms with Gasteiger partial charge in [0.25, 0.3) is 0 Å². The summed E-state index contributed by atoms with van der Waals surface area (Å²) < 4.78 is 10.9. The minimum Gasteiger partial charge on any atom is -0.488 e. The molecule has 0 aliphatic carbocycles. The lowest BCUT2D eigenvalue weighted by Gasteiger charge is -2.16. The van der Waals surface area contributed by atoms with E-state index in [0.29, 0.717) is 23.3 Å². The number of benzene rings is 1. The molecule has 2 N–H and O–H groups in total. The van der Waals surface area contributed by atoms with E-state index in [1.54, 1.807) is 6.07 Å². The van der Waals surface area contributed by atoms with Crippen molar-refractivity contribution in [3.8, 4) is 5.75 Å². The van der Waals surface area contributed by atoms with Gasteiger partial charge in [-0.1, -0.05) is 30.6 Å². The molecule has 21 heavy (non-hydrogen) atoms. The summed E-state index contributed by atoms with van der Waals surface area (Å²) >= 11 is 6.00. The second-order valence-corrected chi connectivity index (χ2v) is 5.80. The first-order valence-corrected chi connectivity index (χ1v) is 7.15. The summed E-state index contributed by atoms with van der Waals surface area (Å²) in [6.07, 6.45) is 1.96. The first-order chi connectivity index (χ1) is 10.0. The summed E-state index contributed by atoms with van der Waals surface area (Å²) in [5, 5.41) is 4.65. The maximum absolute atomic E-state index is 6.01. The van der Waals surface area contributed by atoms with Gasteiger partial charge < -0.3 is 15.0 Å². The molecule has 0 unspecified atom stereocenters. The number of rotatable bonds is 3. The molecule has 1 aromatic heterocycles. The van der Waals surface area contributed by atoms with Crippen LogP contribution in [0.15, 0.2) is 22.7 Å². The van der Waals surface area contributed by atoms with E-state index in [-0.39, 0.29) is 12.0 Å². The summed E-state index contributed by atoms with van der Waals surface area (Å²) in [7, 11) is 0. The molecule has 0 saturated carbocycles. The van der Waals surface area contributed by atoms with Crippen LogP contribution in [0.4, 0.5) is 0 Å². The van der Waals surface area contributed by atoms with Gasteiger partial charge in [-0.15, -0.1) is 0 Å². The van der Waals surface area contributed by atoms with Gasteiger partial charge in [-0.25, -0.2) is 0 Å². The van der Waals surface area contributed by atoms with Crippen molar-refractivity contribution in [2.75, 3.05) is 6.61 Å². The first-order valence-electron chi connectivity index (χ1n) is 6.77. The summed E-state index contributed by atoms with van der Waals surface area (Å²) in [5.41, 5.74) is 7.76. The predicted molar refractivity (Wildman–Crippen MR) is 80.9 cm³/mol. The third-order valence-corrected chi connectivity index (χ3v) is 3.65. The van der Waals surface area contributed by atoms with Gasteiger partial charge in [0.15, 0.2) is 0 Å². The maximum atomic E-state index is 6.01. The van der Waals surface area contributed by atoms with E-state index in [4.69, 9.17) is 26.6 Å². The molecule has 1 aliphatic heterocycles. The quantitative estimate of drug-likeness (QED) is 0.941. The molecule has 0 saturated heterocycles. The molecule has 1 aliphatic rings. The smallest absolute Gasteiger partial charge is 0.244 e. The highest BCUT2D eigenvalue weighted by atomic mass is 35.5. The Balaban J connectivity index is 1.91. The number of hydrogen-bond acceptors (Lipinski definition) is 5. The Bertz CT molecular complexity index is 694. The van der Waals surface area contributed by atoms with Crippen molar-refractivity contribution in [3.05, 3.63) is 40.5 Å². The maximum Gasteiger partial charge on any atom is 0.244 e. The topological polar surface area (TPSA) is 74.2 Å². The Morgan fingerprint density at radius 2 is 2.14 bits per heavy atom. The largest absolute Gasteiger partial charge is 0.488 e. The molecule has 5 nitrogen and oxygen atoms in total. The van der Waals surface area contributed by atoms with Gasteiger partial charge in [-0.05, 0) is 30.2 Å². The number of nitrogens with zero attached hydrogens (tertiary/aromatic N) is 2. The molecule has 6 heteroatoms. The Labute approximate surface area is 127 Å². The minimum atomic E-state index is -0.266. The second-order valence-electron chi connectivity index (χ2n) is 5.37. The number of halogens is 1. The van der Waals surface area contributed by atoms with Gasteiger partial charge in [-0.3, -0.25) is 0 Å². The van der Waals surface area contributed by atoms with Crippen LogP contribution in [0, 0.1) is 5.92 Å². The molecular weight excluding hydrogens is 290 g/mol. The zero-order chi connectivity index (χ0) is 15.0. The Kier molecular flexibility index (Phi) is 3.69. The highest BCUT2D eigenvalue weighted by Gasteiger charge is 2.21. The minimum absolute atomic E-state index is 0.231. The van der Waals surface area contributed by atoms with Crippen molar-refractivity contribution in [3.63, 3.8) is 0 Å². The average molecular weight is 306 g/mol. The van der Waals surface area contributed by atoms with Crippen molar-refractivity contribution < 1.29 is 9.26 Å². The second kappa shape index (κ2) is 5.50. The third-order valence-electron chi connectivity index (χ3n) is 3.42.